The summed E-state index contributed by atoms with van der Waals surface area (Å²) in [5.74, 6) is -1.71. The number of thiazole rings is 1. The van der Waals surface area contributed by atoms with E-state index in [4.69, 9.17) is 0 Å². The number of nitrogens with zero attached hydrogens (tertiary/aromatic N) is 2. The molecule has 0 aromatic carbocycles. The maximum atomic E-state index is 11.2. The van der Waals surface area contributed by atoms with Gasteiger partial charge in [0.05, 0.1) is 17.2 Å². The fourth-order valence-electron chi connectivity index (χ4n) is 1.22. The Balaban J connectivity index is 2.16. The van der Waals surface area contributed by atoms with Gasteiger partial charge in [0, 0.05) is 5.38 Å². The molecule has 15 heavy (non-hydrogen) atoms. The molecule has 1 aromatic rings. The minimum absolute atomic E-state index is 0.0424. The lowest BCUT2D eigenvalue weighted by molar-refractivity contribution is -0.140. The number of rotatable bonds is 2. The first-order chi connectivity index (χ1) is 7.08. The fourth-order valence-corrected chi connectivity index (χ4v) is 1.82. The minimum atomic E-state index is -0.882. The Morgan fingerprint density at radius 3 is 2.67 bits per heavy atom. The van der Waals surface area contributed by atoms with Crippen molar-refractivity contribution in [3.63, 3.8) is 0 Å². The zero-order valence-electron chi connectivity index (χ0n) is 7.81. The highest BCUT2D eigenvalue weighted by atomic mass is 32.1. The summed E-state index contributed by atoms with van der Waals surface area (Å²) >= 11 is 1.43. The quantitative estimate of drug-likeness (QED) is 0.569. The SMILES string of the molecule is Cc1nc(CN2C(=O)NC(=O)C2=O)cs1. The van der Waals surface area contributed by atoms with Crippen LogP contribution < -0.4 is 5.32 Å². The Hall–Kier alpha value is -1.76. The van der Waals surface area contributed by atoms with Crippen molar-refractivity contribution in [3.05, 3.63) is 16.1 Å². The Kier molecular flexibility index (Phi) is 2.24. The first kappa shape index (κ1) is 9.78. The monoisotopic (exact) mass is 225 g/mol. The molecule has 2 heterocycles. The molecule has 1 aromatic heterocycles. The smallest absolute Gasteiger partial charge is 0.269 e. The van der Waals surface area contributed by atoms with Gasteiger partial charge in [-0.15, -0.1) is 11.3 Å². The van der Waals surface area contributed by atoms with E-state index < -0.39 is 17.8 Å². The summed E-state index contributed by atoms with van der Waals surface area (Å²) < 4.78 is 0. The maximum Gasteiger partial charge on any atom is 0.331 e. The lowest BCUT2D eigenvalue weighted by atomic mass is 10.4. The predicted octanol–water partition coefficient (Wildman–Crippen LogP) is 0.0299. The molecule has 1 fully saturated rings. The van der Waals surface area contributed by atoms with Crippen molar-refractivity contribution >= 4 is 29.2 Å². The number of amides is 4. The summed E-state index contributed by atoms with van der Waals surface area (Å²) in [5, 5.41) is 4.52. The van der Waals surface area contributed by atoms with Gasteiger partial charge in [-0.05, 0) is 6.92 Å². The van der Waals surface area contributed by atoms with Crippen LogP contribution in [0, 0.1) is 6.92 Å². The maximum absolute atomic E-state index is 11.2. The van der Waals surface area contributed by atoms with E-state index in [0.29, 0.717) is 5.69 Å². The molecule has 0 unspecified atom stereocenters. The van der Waals surface area contributed by atoms with E-state index >= 15 is 0 Å². The molecule has 0 bridgehead atoms. The Morgan fingerprint density at radius 1 is 1.47 bits per heavy atom. The lowest BCUT2D eigenvalue weighted by Gasteiger charge is -2.08. The van der Waals surface area contributed by atoms with Crippen LogP contribution in [0.25, 0.3) is 0 Å². The number of nitrogens with one attached hydrogen (secondary N) is 1. The Morgan fingerprint density at radius 2 is 2.20 bits per heavy atom. The average molecular weight is 225 g/mol. The van der Waals surface area contributed by atoms with Gasteiger partial charge in [-0.3, -0.25) is 14.9 Å². The second kappa shape index (κ2) is 3.43. The molecule has 4 amide bonds. The van der Waals surface area contributed by atoms with Crippen LogP contribution in [-0.4, -0.2) is 27.7 Å². The summed E-state index contributed by atoms with van der Waals surface area (Å²) in [6, 6.07) is -0.685. The van der Waals surface area contributed by atoms with E-state index in [1.807, 2.05) is 12.2 Å². The first-order valence-corrected chi connectivity index (χ1v) is 5.03. The van der Waals surface area contributed by atoms with Crippen LogP contribution in [0.15, 0.2) is 5.38 Å². The molecular weight excluding hydrogens is 218 g/mol. The number of carbonyl (C=O) groups excluding carboxylic acids is 3. The van der Waals surface area contributed by atoms with Crippen molar-refractivity contribution in [1.29, 1.82) is 0 Å². The second-order valence-electron chi connectivity index (χ2n) is 3.01. The number of hydrogen-bond acceptors (Lipinski definition) is 5. The lowest BCUT2D eigenvalue weighted by Crippen LogP contribution is -2.30. The van der Waals surface area contributed by atoms with Crippen LogP contribution in [0.3, 0.4) is 0 Å². The third kappa shape index (κ3) is 1.73. The molecule has 0 radical (unpaired) electrons. The second-order valence-corrected chi connectivity index (χ2v) is 4.07. The van der Waals surface area contributed by atoms with Gasteiger partial charge in [-0.2, -0.15) is 0 Å². The summed E-state index contributed by atoms with van der Waals surface area (Å²) in [5.41, 5.74) is 0.607. The highest BCUT2D eigenvalue weighted by molar-refractivity contribution is 7.09. The molecule has 2 rings (SSSR count). The van der Waals surface area contributed by atoms with Crippen LogP contribution in [-0.2, 0) is 16.1 Å². The summed E-state index contributed by atoms with van der Waals surface area (Å²) in [6.07, 6.45) is 0. The summed E-state index contributed by atoms with van der Waals surface area (Å²) in [7, 11) is 0. The van der Waals surface area contributed by atoms with Crippen molar-refractivity contribution in [1.82, 2.24) is 15.2 Å². The van der Waals surface area contributed by atoms with Gasteiger partial charge in [0.15, 0.2) is 0 Å². The highest BCUT2D eigenvalue weighted by Gasteiger charge is 2.36. The number of aromatic nitrogens is 1. The van der Waals surface area contributed by atoms with Gasteiger partial charge >= 0.3 is 17.8 Å². The van der Waals surface area contributed by atoms with E-state index in [9.17, 15) is 14.4 Å². The number of carbonyl (C=O) groups is 3. The van der Waals surface area contributed by atoms with Crippen molar-refractivity contribution in [2.75, 3.05) is 0 Å². The Labute approximate surface area is 88.9 Å². The molecule has 0 spiro atoms. The average Bonchev–Trinajstić information content (AvgIpc) is 2.67. The molecule has 1 aliphatic rings. The molecule has 1 N–H and O–H groups in total. The largest absolute Gasteiger partial charge is 0.331 e. The molecule has 0 aliphatic carbocycles. The van der Waals surface area contributed by atoms with E-state index in [0.717, 1.165) is 9.91 Å². The fraction of sp³-hybridized carbons (Fsp3) is 0.250. The van der Waals surface area contributed by atoms with E-state index in [1.54, 1.807) is 5.38 Å². The van der Waals surface area contributed by atoms with Crippen LogP contribution in [0.1, 0.15) is 10.7 Å². The van der Waals surface area contributed by atoms with Crippen molar-refractivity contribution in [2.24, 2.45) is 0 Å². The van der Waals surface area contributed by atoms with Gasteiger partial charge < -0.3 is 0 Å². The van der Waals surface area contributed by atoms with Crippen LogP contribution in [0.4, 0.5) is 4.79 Å². The van der Waals surface area contributed by atoms with E-state index in [-0.39, 0.29) is 6.54 Å². The van der Waals surface area contributed by atoms with Gasteiger partial charge in [0.25, 0.3) is 0 Å². The molecule has 0 saturated carbocycles. The standard InChI is InChI=1S/C8H7N3O3S/c1-4-9-5(3-15-4)2-11-7(13)6(12)10-8(11)14/h3H,2H2,1H3,(H,10,12,14). The Bertz CT molecular complexity index is 454. The highest BCUT2D eigenvalue weighted by Crippen LogP contribution is 2.12. The zero-order valence-corrected chi connectivity index (χ0v) is 8.63. The van der Waals surface area contributed by atoms with Crippen molar-refractivity contribution in [3.8, 4) is 0 Å². The van der Waals surface area contributed by atoms with E-state index in [2.05, 4.69) is 4.98 Å². The third-order valence-electron chi connectivity index (χ3n) is 1.89. The van der Waals surface area contributed by atoms with Gasteiger partial charge in [-0.1, -0.05) is 0 Å². The number of aryl methyl sites for hydroxylation is 1. The van der Waals surface area contributed by atoms with Crippen LogP contribution >= 0.6 is 11.3 Å². The topological polar surface area (TPSA) is 79.4 Å². The molecule has 1 aliphatic heterocycles. The molecule has 78 valence electrons. The molecule has 7 heteroatoms. The van der Waals surface area contributed by atoms with Crippen molar-refractivity contribution in [2.45, 2.75) is 13.5 Å². The minimum Gasteiger partial charge on any atom is -0.269 e. The van der Waals surface area contributed by atoms with E-state index in [1.165, 1.54) is 11.3 Å². The van der Waals surface area contributed by atoms with Crippen molar-refractivity contribution < 1.29 is 14.4 Å². The summed E-state index contributed by atoms with van der Waals surface area (Å²) in [4.78, 5) is 38.1. The van der Waals surface area contributed by atoms with Gasteiger partial charge in [0.2, 0.25) is 0 Å². The molecule has 1 saturated heterocycles. The van der Waals surface area contributed by atoms with Crippen LogP contribution in [0.2, 0.25) is 0 Å². The number of urea groups is 1. The predicted molar refractivity (Wildman–Crippen MR) is 50.9 cm³/mol. The van der Waals surface area contributed by atoms with Gasteiger partial charge in [-0.25, -0.2) is 14.7 Å². The van der Waals surface area contributed by atoms with Crippen LogP contribution in [0.5, 0.6) is 0 Å². The summed E-state index contributed by atoms with van der Waals surface area (Å²) in [6.45, 7) is 1.87. The number of hydrogen-bond donors (Lipinski definition) is 1. The van der Waals surface area contributed by atoms with Gasteiger partial charge in [0.1, 0.15) is 0 Å². The third-order valence-corrected chi connectivity index (χ3v) is 2.71. The number of imide groups is 2. The molecule has 6 nitrogen and oxygen atoms in total. The normalized spacial score (nSPS) is 16.1. The first-order valence-electron chi connectivity index (χ1n) is 4.16. The molecule has 0 atom stereocenters. The molecular formula is C8H7N3O3S. The zero-order chi connectivity index (χ0) is 11.0.